The van der Waals surface area contributed by atoms with E-state index >= 15 is 0 Å². The number of anilines is 2. The average molecular weight is 388 g/mol. The van der Waals surface area contributed by atoms with Crippen molar-refractivity contribution in [3.05, 3.63) is 24.3 Å². The van der Waals surface area contributed by atoms with Crippen LogP contribution in [0, 0.1) is 5.41 Å². The first kappa shape index (κ1) is 22.3. The van der Waals surface area contributed by atoms with Gasteiger partial charge in [0.15, 0.2) is 0 Å². The van der Waals surface area contributed by atoms with E-state index in [4.69, 9.17) is 0 Å². The van der Waals surface area contributed by atoms with Crippen molar-refractivity contribution in [1.29, 1.82) is 0 Å². The van der Waals surface area contributed by atoms with E-state index in [0.29, 0.717) is 12.8 Å². The number of nitrogens with one attached hydrogen (secondary N) is 1. The van der Waals surface area contributed by atoms with Crippen LogP contribution < -0.4 is 10.2 Å². The molecular weight excluding hydrogens is 350 g/mol. The zero-order chi connectivity index (χ0) is 20.6. The Kier molecular flexibility index (Phi) is 8.34. The maximum atomic E-state index is 12.4. The van der Waals surface area contributed by atoms with Crippen molar-refractivity contribution >= 4 is 23.2 Å². The molecule has 1 saturated heterocycles. The lowest BCUT2D eigenvalue weighted by Crippen LogP contribution is -2.49. The number of carbonyl (C=O) groups excluding carboxylic acids is 2. The van der Waals surface area contributed by atoms with E-state index in [1.807, 2.05) is 17.0 Å². The second-order valence-electron chi connectivity index (χ2n) is 9.01. The van der Waals surface area contributed by atoms with Crippen molar-refractivity contribution < 1.29 is 9.59 Å². The molecule has 0 aromatic heterocycles. The van der Waals surface area contributed by atoms with E-state index in [-0.39, 0.29) is 17.2 Å². The maximum Gasteiger partial charge on any atom is 0.224 e. The number of amides is 2. The SMILES string of the molecule is CCCCCCC(=O)Nc1ccc(N2CCN(C(=O)CC(C)(C)C)CC2)cc1. The number of hydrogen-bond donors (Lipinski definition) is 1. The third kappa shape index (κ3) is 7.53. The summed E-state index contributed by atoms with van der Waals surface area (Å²) in [5.41, 5.74) is 2.02. The first-order chi connectivity index (χ1) is 13.3. The van der Waals surface area contributed by atoms with E-state index in [9.17, 15) is 9.59 Å². The van der Waals surface area contributed by atoms with E-state index in [1.165, 1.54) is 12.8 Å². The fourth-order valence-corrected chi connectivity index (χ4v) is 3.47. The van der Waals surface area contributed by atoms with Crippen LogP contribution in [0.3, 0.4) is 0 Å². The smallest absolute Gasteiger partial charge is 0.224 e. The fraction of sp³-hybridized carbons (Fsp3) is 0.652. The zero-order valence-corrected chi connectivity index (χ0v) is 18.1. The Labute approximate surface area is 170 Å². The van der Waals surface area contributed by atoms with E-state index in [2.05, 4.69) is 50.0 Å². The van der Waals surface area contributed by atoms with Crippen LogP contribution in [0.4, 0.5) is 11.4 Å². The van der Waals surface area contributed by atoms with Crippen molar-refractivity contribution in [3.8, 4) is 0 Å². The molecular formula is C23H37N3O2. The molecule has 156 valence electrons. The van der Waals surface area contributed by atoms with Crippen molar-refractivity contribution in [3.63, 3.8) is 0 Å². The molecule has 1 aliphatic rings. The molecule has 0 bridgehead atoms. The Hall–Kier alpha value is -2.04. The highest BCUT2D eigenvalue weighted by Gasteiger charge is 2.24. The van der Waals surface area contributed by atoms with Gasteiger partial charge < -0.3 is 15.1 Å². The summed E-state index contributed by atoms with van der Waals surface area (Å²) in [4.78, 5) is 28.7. The van der Waals surface area contributed by atoms with E-state index < -0.39 is 0 Å². The third-order valence-corrected chi connectivity index (χ3v) is 5.09. The molecule has 1 N–H and O–H groups in total. The molecule has 0 radical (unpaired) electrons. The number of piperazine rings is 1. The van der Waals surface area contributed by atoms with Gasteiger partial charge in [-0.2, -0.15) is 0 Å². The van der Waals surface area contributed by atoms with Gasteiger partial charge in [0, 0.05) is 50.4 Å². The molecule has 28 heavy (non-hydrogen) atoms. The summed E-state index contributed by atoms with van der Waals surface area (Å²) in [6, 6.07) is 8.05. The van der Waals surface area contributed by atoms with Gasteiger partial charge in [-0.3, -0.25) is 9.59 Å². The molecule has 5 nitrogen and oxygen atoms in total. The number of carbonyl (C=O) groups is 2. The summed E-state index contributed by atoms with van der Waals surface area (Å²) in [7, 11) is 0. The van der Waals surface area contributed by atoms with Crippen molar-refractivity contribution in [2.45, 2.75) is 66.2 Å². The summed E-state index contributed by atoms with van der Waals surface area (Å²) in [6.45, 7) is 11.7. The van der Waals surface area contributed by atoms with Gasteiger partial charge in [-0.1, -0.05) is 47.0 Å². The maximum absolute atomic E-state index is 12.4. The molecule has 2 rings (SSSR count). The van der Waals surface area contributed by atoms with Gasteiger partial charge in [0.05, 0.1) is 0 Å². The molecule has 1 heterocycles. The minimum Gasteiger partial charge on any atom is -0.368 e. The van der Waals surface area contributed by atoms with Crippen LogP contribution in [-0.2, 0) is 9.59 Å². The summed E-state index contributed by atoms with van der Waals surface area (Å²) in [5.74, 6) is 0.346. The number of unbranched alkanes of at least 4 members (excludes halogenated alkanes) is 3. The summed E-state index contributed by atoms with van der Waals surface area (Å²) in [6.07, 6.45) is 5.63. The van der Waals surface area contributed by atoms with Gasteiger partial charge in [0.2, 0.25) is 11.8 Å². The highest BCUT2D eigenvalue weighted by atomic mass is 16.2. The first-order valence-corrected chi connectivity index (χ1v) is 10.7. The molecule has 1 aromatic carbocycles. The highest BCUT2D eigenvalue weighted by molar-refractivity contribution is 5.90. The third-order valence-electron chi connectivity index (χ3n) is 5.09. The quantitative estimate of drug-likeness (QED) is 0.659. The average Bonchev–Trinajstić information content (AvgIpc) is 2.65. The zero-order valence-electron chi connectivity index (χ0n) is 18.1. The van der Waals surface area contributed by atoms with Crippen LogP contribution in [0.15, 0.2) is 24.3 Å². The topological polar surface area (TPSA) is 52.7 Å². The molecule has 0 spiro atoms. The molecule has 0 atom stereocenters. The predicted octanol–water partition coefficient (Wildman–Crippen LogP) is 4.68. The lowest BCUT2D eigenvalue weighted by atomic mass is 9.91. The van der Waals surface area contributed by atoms with Gasteiger partial charge in [0.1, 0.15) is 0 Å². The minimum absolute atomic E-state index is 0.0322. The van der Waals surface area contributed by atoms with Gasteiger partial charge >= 0.3 is 0 Å². The molecule has 1 aromatic rings. The van der Waals surface area contributed by atoms with Gasteiger partial charge in [-0.15, -0.1) is 0 Å². The largest absolute Gasteiger partial charge is 0.368 e. The summed E-state index contributed by atoms with van der Waals surface area (Å²) >= 11 is 0. The Morgan fingerprint density at radius 3 is 2.18 bits per heavy atom. The summed E-state index contributed by atoms with van der Waals surface area (Å²) in [5, 5.41) is 2.98. The number of nitrogens with zero attached hydrogens (tertiary/aromatic N) is 2. The number of rotatable bonds is 8. The van der Waals surface area contributed by atoms with Gasteiger partial charge in [-0.25, -0.2) is 0 Å². The van der Waals surface area contributed by atoms with Crippen molar-refractivity contribution in [1.82, 2.24) is 4.90 Å². The monoisotopic (exact) mass is 387 g/mol. The molecule has 2 amide bonds. The Morgan fingerprint density at radius 2 is 1.61 bits per heavy atom. The number of hydrogen-bond acceptors (Lipinski definition) is 3. The predicted molar refractivity (Wildman–Crippen MR) is 117 cm³/mol. The molecule has 1 fully saturated rings. The Bertz CT molecular complexity index is 626. The number of benzene rings is 1. The summed E-state index contributed by atoms with van der Waals surface area (Å²) < 4.78 is 0. The fourth-order valence-electron chi connectivity index (χ4n) is 3.47. The van der Waals surface area contributed by atoms with Gasteiger partial charge in [0.25, 0.3) is 0 Å². The van der Waals surface area contributed by atoms with Gasteiger partial charge in [-0.05, 0) is 36.1 Å². The molecule has 0 saturated carbocycles. The molecule has 1 aliphatic heterocycles. The Morgan fingerprint density at radius 1 is 0.964 bits per heavy atom. The minimum atomic E-state index is 0.0322. The van der Waals surface area contributed by atoms with Crippen molar-refractivity contribution in [2.75, 3.05) is 36.4 Å². The van der Waals surface area contributed by atoms with Crippen molar-refractivity contribution in [2.24, 2.45) is 5.41 Å². The normalized spacial score (nSPS) is 14.9. The highest BCUT2D eigenvalue weighted by Crippen LogP contribution is 2.23. The van der Waals surface area contributed by atoms with Crippen LogP contribution in [-0.4, -0.2) is 42.9 Å². The standard InChI is InChI=1S/C23H37N3O2/c1-5-6-7-8-9-21(27)24-19-10-12-20(13-11-19)25-14-16-26(17-15-25)22(28)18-23(2,3)4/h10-13H,5-9,14-18H2,1-4H3,(H,24,27). The first-order valence-electron chi connectivity index (χ1n) is 10.7. The van der Waals surface area contributed by atoms with Crippen LogP contribution in [0.2, 0.25) is 0 Å². The lowest BCUT2D eigenvalue weighted by Gasteiger charge is -2.37. The van der Waals surface area contributed by atoms with Crippen LogP contribution in [0.25, 0.3) is 0 Å². The van der Waals surface area contributed by atoms with Crippen LogP contribution >= 0.6 is 0 Å². The van der Waals surface area contributed by atoms with Crippen LogP contribution in [0.1, 0.15) is 66.2 Å². The molecule has 0 unspecified atom stereocenters. The van der Waals surface area contributed by atoms with Crippen LogP contribution in [0.5, 0.6) is 0 Å². The molecule has 5 heteroatoms. The van der Waals surface area contributed by atoms with E-state index in [0.717, 1.165) is 50.4 Å². The molecule has 0 aliphatic carbocycles. The second kappa shape index (κ2) is 10.5. The van der Waals surface area contributed by atoms with E-state index in [1.54, 1.807) is 0 Å². The Balaban J connectivity index is 1.78. The lowest BCUT2D eigenvalue weighted by molar-refractivity contribution is -0.133. The second-order valence-corrected chi connectivity index (χ2v) is 9.01.